The first-order valence-electron chi connectivity index (χ1n) is 7.22. The quantitative estimate of drug-likeness (QED) is 0.663. The third kappa shape index (κ3) is 2.62. The molecule has 2 atom stereocenters. The van der Waals surface area contributed by atoms with Gasteiger partial charge in [-0.1, -0.05) is 42.5 Å². The van der Waals surface area contributed by atoms with Crippen molar-refractivity contribution in [3.63, 3.8) is 0 Å². The minimum Gasteiger partial charge on any atom is -0.370 e. The number of fused-ring (bicyclic) bond motifs is 1. The summed E-state index contributed by atoms with van der Waals surface area (Å²) in [4.78, 5) is 4.58. The van der Waals surface area contributed by atoms with Gasteiger partial charge in [0.2, 0.25) is 0 Å². The van der Waals surface area contributed by atoms with Crippen LogP contribution in [0.3, 0.4) is 0 Å². The fourth-order valence-electron chi connectivity index (χ4n) is 2.74. The molecule has 0 unspecified atom stereocenters. The van der Waals surface area contributed by atoms with Crippen LogP contribution in [-0.2, 0) is 0 Å². The van der Waals surface area contributed by atoms with Gasteiger partial charge in [-0.25, -0.2) is 4.99 Å². The van der Waals surface area contributed by atoms with Gasteiger partial charge in [0.15, 0.2) is 5.96 Å². The lowest BCUT2D eigenvalue weighted by atomic mass is 10.0. The Kier molecular flexibility index (Phi) is 3.35. The minimum absolute atomic E-state index is 0.326. The predicted molar refractivity (Wildman–Crippen MR) is 85.0 cm³/mol. The molecule has 0 amide bonds. The van der Waals surface area contributed by atoms with Gasteiger partial charge in [-0.2, -0.15) is 0 Å². The zero-order valence-corrected chi connectivity index (χ0v) is 12.0. The molecule has 0 aliphatic heterocycles. The lowest BCUT2D eigenvalue weighted by Gasteiger charge is -2.08. The van der Waals surface area contributed by atoms with E-state index in [0.717, 1.165) is 6.42 Å². The Bertz CT molecular complexity index is 640. The third-order valence-electron chi connectivity index (χ3n) is 3.72. The summed E-state index contributed by atoms with van der Waals surface area (Å²) in [5, 5.41) is 5.79. The average molecular weight is 267 g/mol. The molecule has 20 heavy (non-hydrogen) atoms. The molecule has 1 fully saturated rings. The Labute approximate surface area is 119 Å². The van der Waals surface area contributed by atoms with Crippen molar-refractivity contribution in [2.45, 2.75) is 38.3 Å². The summed E-state index contributed by atoms with van der Waals surface area (Å²) >= 11 is 0. The van der Waals surface area contributed by atoms with Gasteiger partial charge in [0.05, 0.1) is 6.04 Å². The monoisotopic (exact) mass is 267 g/mol. The summed E-state index contributed by atoms with van der Waals surface area (Å²) in [6.45, 7) is 4.13. The topological polar surface area (TPSA) is 50.4 Å². The summed E-state index contributed by atoms with van der Waals surface area (Å²) < 4.78 is 0. The maximum atomic E-state index is 5.91. The average Bonchev–Trinajstić information content (AvgIpc) is 3.16. The van der Waals surface area contributed by atoms with Crippen molar-refractivity contribution in [3.05, 3.63) is 48.0 Å². The minimum atomic E-state index is 0.326. The van der Waals surface area contributed by atoms with Gasteiger partial charge in [-0.05, 0) is 36.6 Å². The van der Waals surface area contributed by atoms with Crippen LogP contribution in [-0.4, -0.2) is 18.0 Å². The van der Waals surface area contributed by atoms with Crippen LogP contribution in [0.4, 0.5) is 0 Å². The summed E-state index contributed by atoms with van der Waals surface area (Å²) in [5.41, 5.74) is 7.30. The van der Waals surface area contributed by atoms with Crippen molar-refractivity contribution >= 4 is 16.7 Å². The van der Waals surface area contributed by atoms with E-state index in [0.29, 0.717) is 24.0 Å². The van der Waals surface area contributed by atoms with E-state index < -0.39 is 0 Å². The Morgan fingerprint density at radius 1 is 1.20 bits per heavy atom. The Morgan fingerprint density at radius 3 is 2.75 bits per heavy atom. The Hall–Kier alpha value is -2.03. The van der Waals surface area contributed by atoms with Gasteiger partial charge < -0.3 is 11.1 Å². The van der Waals surface area contributed by atoms with Crippen molar-refractivity contribution in [2.24, 2.45) is 10.7 Å². The van der Waals surface area contributed by atoms with Gasteiger partial charge in [0.1, 0.15) is 0 Å². The van der Waals surface area contributed by atoms with Crippen LogP contribution in [0.1, 0.15) is 31.7 Å². The first-order chi connectivity index (χ1) is 9.65. The number of nitrogens with two attached hydrogens (primary N) is 1. The fraction of sp³-hybridized carbons (Fsp3) is 0.353. The second-order valence-electron chi connectivity index (χ2n) is 5.79. The SMILES string of the molecule is CC(C)NC(N)=N[C@@H]1C[C@H]1c1cccc2ccccc12. The molecule has 2 aromatic rings. The largest absolute Gasteiger partial charge is 0.370 e. The first-order valence-corrected chi connectivity index (χ1v) is 7.22. The summed E-state index contributed by atoms with van der Waals surface area (Å²) in [7, 11) is 0. The van der Waals surface area contributed by atoms with Crippen molar-refractivity contribution in [1.82, 2.24) is 5.32 Å². The molecule has 0 saturated heterocycles. The smallest absolute Gasteiger partial charge is 0.189 e. The number of aliphatic imine (C=N–C) groups is 1. The van der Waals surface area contributed by atoms with E-state index in [2.05, 4.69) is 66.6 Å². The number of nitrogens with one attached hydrogen (secondary N) is 1. The Balaban J connectivity index is 1.81. The highest BCUT2D eigenvalue weighted by Gasteiger charge is 2.39. The summed E-state index contributed by atoms with van der Waals surface area (Å²) in [6.07, 6.45) is 1.09. The van der Waals surface area contributed by atoms with Crippen molar-refractivity contribution in [2.75, 3.05) is 0 Å². The zero-order valence-electron chi connectivity index (χ0n) is 12.0. The van der Waals surface area contributed by atoms with E-state index >= 15 is 0 Å². The number of guanidine groups is 1. The van der Waals surface area contributed by atoms with Gasteiger partial charge in [-0.15, -0.1) is 0 Å². The maximum absolute atomic E-state index is 5.91. The summed E-state index contributed by atoms with van der Waals surface area (Å²) in [5.74, 6) is 1.07. The molecule has 0 aromatic heterocycles. The molecule has 0 heterocycles. The second kappa shape index (κ2) is 5.16. The van der Waals surface area contributed by atoms with Gasteiger partial charge in [0, 0.05) is 12.0 Å². The molecule has 0 bridgehead atoms. The molecule has 0 spiro atoms. The Morgan fingerprint density at radius 2 is 1.95 bits per heavy atom. The summed E-state index contributed by atoms with van der Waals surface area (Å²) in [6, 6.07) is 15.7. The molecular formula is C17H21N3. The molecule has 104 valence electrons. The van der Waals surface area contributed by atoms with E-state index in [1.807, 2.05) is 0 Å². The van der Waals surface area contributed by atoms with Crippen molar-refractivity contribution in [3.8, 4) is 0 Å². The molecule has 1 aliphatic rings. The van der Waals surface area contributed by atoms with E-state index in [9.17, 15) is 0 Å². The molecule has 3 rings (SSSR count). The number of benzene rings is 2. The highest BCUT2D eigenvalue weighted by molar-refractivity contribution is 5.87. The second-order valence-corrected chi connectivity index (χ2v) is 5.79. The fourth-order valence-corrected chi connectivity index (χ4v) is 2.74. The molecule has 1 saturated carbocycles. The molecule has 3 N–H and O–H groups in total. The van der Waals surface area contributed by atoms with Crippen LogP contribution >= 0.6 is 0 Å². The van der Waals surface area contributed by atoms with Crippen LogP contribution in [0.2, 0.25) is 0 Å². The first kappa shape index (κ1) is 13.0. The lowest BCUT2D eigenvalue weighted by molar-refractivity contribution is 0.722. The van der Waals surface area contributed by atoms with Crippen LogP contribution in [0.15, 0.2) is 47.5 Å². The van der Waals surface area contributed by atoms with Crippen LogP contribution in [0, 0.1) is 0 Å². The van der Waals surface area contributed by atoms with Crippen LogP contribution < -0.4 is 11.1 Å². The molecule has 3 nitrogen and oxygen atoms in total. The molecule has 3 heteroatoms. The molecule has 0 radical (unpaired) electrons. The highest BCUT2D eigenvalue weighted by Crippen LogP contribution is 2.45. The number of nitrogens with zero attached hydrogens (tertiary/aromatic N) is 1. The van der Waals surface area contributed by atoms with Crippen LogP contribution in [0.25, 0.3) is 10.8 Å². The van der Waals surface area contributed by atoms with Gasteiger partial charge >= 0.3 is 0 Å². The lowest BCUT2D eigenvalue weighted by Crippen LogP contribution is -2.37. The number of hydrogen-bond acceptors (Lipinski definition) is 1. The van der Waals surface area contributed by atoms with Gasteiger partial charge in [-0.3, -0.25) is 0 Å². The standard InChI is InChI=1S/C17H21N3/c1-11(2)19-17(18)20-16-10-15(16)14-9-5-7-12-6-3-4-8-13(12)14/h3-9,11,15-16H,10H2,1-2H3,(H3,18,19,20)/t15-,16+/m0/s1. The van der Waals surface area contributed by atoms with E-state index in [4.69, 9.17) is 5.73 Å². The van der Waals surface area contributed by atoms with E-state index in [1.165, 1.54) is 16.3 Å². The molecular weight excluding hydrogens is 246 g/mol. The van der Waals surface area contributed by atoms with Crippen molar-refractivity contribution in [1.29, 1.82) is 0 Å². The van der Waals surface area contributed by atoms with Gasteiger partial charge in [0.25, 0.3) is 0 Å². The van der Waals surface area contributed by atoms with Crippen LogP contribution in [0.5, 0.6) is 0 Å². The highest BCUT2D eigenvalue weighted by atomic mass is 15.1. The van der Waals surface area contributed by atoms with E-state index in [-0.39, 0.29) is 0 Å². The normalized spacial score (nSPS) is 22.2. The van der Waals surface area contributed by atoms with Crippen molar-refractivity contribution < 1.29 is 0 Å². The predicted octanol–water partition coefficient (Wildman–Crippen LogP) is 3.01. The molecule has 1 aliphatic carbocycles. The molecule has 2 aromatic carbocycles. The third-order valence-corrected chi connectivity index (χ3v) is 3.72. The number of rotatable bonds is 3. The number of hydrogen-bond donors (Lipinski definition) is 2. The maximum Gasteiger partial charge on any atom is 0.189 e. The van der Waals surface area contributed by atoms with E-state index in [1.54, 1.807) is 0 Å². The zero-order chi connectivity index (χ0) is 14.1.